The highest BCUT2D eigenvalue weighted by molar-refractivity contribution is 7.86. The molecule has 1 atom stereocenters. The summed E-state index contributed by atoms with van der Waals surface area (Å²) in [5, 5.41) is 0.935. The topological polar surface area (TPSA) is 102 Å². The van der Waals surface area contributed by atoms with Gasteiger partial charge in [-0.2, -0.15) is 21.6 Å². The van der Waals surface area contributed by atoms with Crippen molar-refractivity contribution in [2.45, 2.75) is 24.8 Å². The molecule has 2 amide bonds. The smallest absolute Gasteiger partial charge is 0.353 e. The number of hydrogen-bond donors (Lipinski definition) is 1. The monoisotopic (exact) mass is 617 g/mol. The number of carbonyl (C=O) groups excluding carboxylic acids is 2. The molecular weight excluding hydrogens is 585 g/mol. The second-order valence-corrected chi connectivity index (χ2v) is 13.3. The van der Waals surface area contributed by atoms with Crippen molar-refractivity contribution in [3.63, 3.8) is 0 Å². The minimum Gasteiger partial charge on any atom is -0.353 e. The summed E-state index contributed by atoms with van der Waals surface area (Å²) in [4.78, 5) is 28.8. The van der Waals surface area contributed by atoms with Crippen molar-refractivity contribution in [2.75, 3.05) is 32.6 Å². The van der Waals surface area contributed by atoms with E-state index in [0.717, 1.165) is 63.7 Å². The lowest BCUT2D eigenvalue weighted by atomic mass is 9.97. The van der Waals surface area contributed by atoms with Crippen molar-refractivity contribution in [1.29, 1.82) is 0 Å². The van der Waals surface area contributed by atoms with E-state index in [0.29, 0.717) is 11.5 Å². The summed E-state index contributed by atoms with van der Waals surface area (Å²) < 4.78 is 62.6. The Labute approximate surface area is 247 Å². The Bertz CT molecular complexity index is 1840. The van der Waals surface area contributed by atoms with E-state index in [9.17, 15) is 22.8 Å². The molecule has 3 aliphatic rings. The van der Waals surface area contributed by atoms with E-state index in [1.54, 1.807) is 0 Å². The van der Waals surface area contributed by atoms with Crippen LogP contribution in [-0.2, 0) is 39.6 Å². The SMILES string of the molecule is Cn1cc(C2=CC(=O)N(c3c4n(c5ccccc35)C=CC(C[N+](C)(C)C)C4)C2=O)c2c1CCC=C2.O=S(=O)(O)C(F)(F)F. The molecule has 4 heterocycles. The number of para-hydroxylation sites is 1. The van der Waals surface area contributed by atoms with E-state index in [1.165, 1.54) is 16.7 Å². The van der Waals surface area contributed by atoms with Crippen LogP contribution < -0.4 is 4.90 Å². The van der Waals surface area contributed by atoms with Gasteiger partial charge in [-0.1, -0.05) is 36.4 Å². The highest BCUT2D eigenvalue weighted by Gasteiger charge is 2.44. The molecule has 0 saturated heterocycles. The summed E-state index contributed by atoms with van der Waals surface area (Å²) in [7, 11) is 2.75. The Morgan fingerprint density at radius 3 is 2.42 bits per heavy atom. The summed E-state index contributed by atoms with van der Waals surface area (Å²) in [5.41, 5.74) is 0.844. The van der Waals surface area contributed by atoms with Gasteiger partial charge in [0.2, 0.25) is 0 Å². The highest BCUT2D eigenvalue weighted by Crippen LogP contribution is 2.42. The van der Waals surface area contributed by atoms with Crippen molar-refractivity contribution < 1.29 is 40.2 Å². The van der Waals surface area contributed by atoms with Crippen LogP contribution in [0.5, 0.6) is 0 Å². The number of allylic oxidation sites excluding steroid dienone is 1. The Kier molecular flexibility index (Phi) is 7.56. The van der Waals surface area contributed by atoms with E-state index < -0.39 is 15.6 Å². The first-order valence-corrected chi connectivity index (χ1v) is 15.0. The number of anilines is 1. The minimum atomic E-state index is -5.84. The molecule has 228 valence electrons. The first-order valence-electron chi connectivity index (χ1n) is 13.6. The average molecular weight is 618 g/mol. The second kappa shape index (κ2) is 10.6. The Morgan fingerprint density at radius 1 is 1.09 bits per heavy atom. The molecule has 2 aromatic heterocycles. The first kappa shape index (κ1) is 30.5. The molecule has 9 nitrogen and oxygen atoms in total. The van der Waals surface area contributed by atoms with Crippen molar-refractivity contribution in [1.82, 2.24) is 9.13 Å². The van der Waals surface area contributed by atoms with Gasteiger partial charge in [0.15, 0.2) is 0 Å². The standard InChI is InChI=1S/C29H31N4O2.CHF3O3S/c1-30-17-23(20-9-5-7-11-24(20)30)22-16-27(34)32(29(22)35)28-21-10-6-8-12-25(21)31-14-13-19(15-26(28)31)18-33(2,3)4;2-1(3,4)8(5,6)7/h5-6,8-10,12-14,16-17,19H,7,11,15,18H2,1-4H3;(H,5,6,7)/q+1;. The van der Waals surface area contributed by atoms with Gasteiger partial charge < -0.3 is 13.6 Å². The maximum Gasteiger partial charge on any atom is 0.522 e. The third-order valence-corrected chi connectivity index (χ3v) is 8.22. The average Bonchev–Trinajstić information content (AvgIpc) is 3.50. The molecule has 43 heavy (non-hydrogen) atoms. The fraction of sp³-hybridized carbons (Fsp3) is 0.333. The van der Waals surface area contributed by atoms with Crippen LogP contribution in [0, 0.1) is 5.92 Å². The van der Waals surface area contributed by atoms with Crippen LogP contribution in [-0.4, -0.2) is 71.6 Å². The van der Waals surface area contributed by atoms with Gasteiger partial charge in [0.25, 0.3) is 11.8 Å². The number of fused-ring (bicyclic) bond motifs is 4. The Morgan fingerprint density at radius 2 is 1.77 bits per heavy atom. The van der Waals surface area contributed by atoms with Gasteiger partial charge in [0.05, 0.1) is 44.5 Å². The zero-order valence-corrected chi connectivity index (χ0v) is 24.9. The predicted molar refractivity (Wildman–Crippen MR) is 158 cm³/mol. The van der Waals surface area contributed by atoms with Crippen LogP contribution in [0.15, 0.2) is 48.7 Å². The molecule has 1 aliphatic carbocycles. The molecule has 2 aliphatic heterocycles. The summed E-state index contributed by atoms with van der Waals surface area (Å²) in [6.07, 6.45) is 14.8. The number of quaternary nitrogens is 1. The Balaban J connectivity index is 0.000000407. The summed E-state index contributed by atoms with van der Waals surface area (Å²) in [6, 6.07) is 8.06. The molecule has 0 saturated carbocycles. The largest absolute Gasteiger partial charge is 0.522 e. The maximum atomic E-state index is 13.9. The number of rotatable bonds is 4. The number of benzene rings is 1. The van der Waals surface area contributed by atoms with Crippen LogP contribution >= 0.6 is 0 Å². The number of halogens is 3. The lowest BCUT2D eigenvalue weighted by molar-refractivity contribution is -0.873. The first-order chi connectivity index (χ1) is 20.0. The molecule has 0 radical (unpaired) electrons. The van der Waals surface area contributed by atoms with Crippen molar-refractivity contribution in [3.8, 4) is 0 Å². The molecule has 13 heteroatoms. The molecule has 0 bridgehead atoms. The van der Waals surface area contributed by atoms with Gasteiger partial charge >= 0.3 is 15.6 Å². The van der Waals surface area contributed by atoms with E-state index in [-0.39, 0.29) is 11.8 Å². The van der Waals surface area contributed by atoms with Crippen LogP contribution in [0.2, 0.25) is 0 Å². The fourth-order valence-electron chi connectivity index (χ4n) is 5.96. The quantitative estimate of drug-likeness (QED) is 0.199. The van der Waals surface area contributed by atoms with Gasteiger partial charge in [-0.25, -0.2) is 4.90 Å². The molecule has 0 fully saturated rings. The van der Waals surface area contributed by atoms with Gasteiger partial charge in [-0.05, 0) is 18.9 Å². The lowest BCUT2D eigenvalue weighted by Crippen LogP contribution is -2.40. The van der Waals surface area contributed by atoms with Crippen LogP contribution in [0.3, 0.4) is 0 Å². The van der Waals surface area contributed by atoms with Gasteiger partial charge in [-0.3, -0.25) is 14.1 Å². The van der Waals surface area contributed by atoms with Crippen LogP contribution in [0.4, 0.5) is 18.9 Å². The van der Waals surface area contributed by atoms with E-state index in [4.69, 9.17) is 13.0 Å². The number of aryl methyl sites for hydroxylation is 1. The summed E-state index contributed by atoms with van der Waals surface area (Å²) in [5.74, 6) is -0.171. The van der Waals surface area contributed by atoms with Gasteiger partial charge in [0, 0.05) is 65.8 Å². The zero-order chi connectivity index (χ0) is 31.5. The van der Waals surface area contributed by atoms with Crippen molar-refractivity contribution >= 4 is 56.4 Å². The number of nitrogens with zero attached hydrogens (tertiary/aromatic N) is 4. The van der Waals surface area contributed by atoms with E-state index in [2.05, 4.69) is 60.8 Å². The molecule has 6 rings (SSSR count). The second-order valence-electron chi connectivity index (χ2n) is 11.9. The predicted octanol–water partition coefficient (Wildman–Crippen LogP) is 4.64. The van der Waals surface area contributed by atoms with Gasteiger partial charge in [-0.15, -0.1) is 0 Å². The fourth-order valence-corrected chi connectivity index (χ4v) is 5.96. The third kappa shape index (κ3) is 5.71. The number of amides is 2. The molecule has 3 aromatic rings. The summed E-state index contributed by atoms with van der Waals surface area (Å²) in [6.45, 7) is 0.978. The van der Waals surface area contributed by atoms with Gasteiger partial charge in [0.1, 0.15) is 0 Å². The van der Waals surface area contributed by atoms with Crippen LogP contribution in [0.25, 0.3) is 28.8 Å². The zero-order valence-electron chi connectivity index (χ0n) is 24.1. The number of carbonyl (C=O) groups is 2. The van der Waals surface area contributed by atoms with E-state index in [1.807, 2.05) is 31.4 Å². The van der Waals surface area contributed by atoms with Crippen molar-refractivity contribution in [2.24, 2.45) is 13.0 Å². The molecule has 0 spiro atoms. The summed E-state index contributed by atoms with van der Waals surface area (Å²) >= 11 is 0. The number of alkyl halides is 3. The lowest BCUT2D eigenvalue weighted by Gasteiger charge is -2.30. The minimum absolute atomic E-state index is 0.237. The van der Waals surface area contributed by atoms with Crippen LogP contribution in [0.1, 0.15) is 28.9 Å². The molecule has 1 aromatic carbocycles. The Hall–Kier alpha value is -3.94. The number of hydrogen-bond acceptors (Lipinski definition) is 4. The van der Waals surface area contributed by atoms with E-state index >= 15 is 0 Å². The number of imide groups is 1. The van der Waals surface area contributed by atoms with Crippen molar-refractivity contribution in [3.05, 3.63) is 71.2 Å². The number of aromatic nitrogens is 2. The third-order valence-electron chi connectivity index (χ3n) is 7.64. The molecule has 1 N–H and O–H groups in total. The molecule has 1 unspecified atom stereocenters. The molecular formula is C30H32F3N4O5S+. The highest BCUT2D eigenvalue weighted by atomic mass is 32.2. The normalized spacial score (nSPS) is 18.5. The maximum absolute atomic E-state index is 13.9.